The van der Waals surface area contributed by atoms with Crippen molar-refractivity contribution in [2.24, 2.45) is 9.98 Å². The van der Waals surface area contributed by atoms with Crippen LogP contribution in [-0.4, -0.2) is 11.7 Å². The highest BCUT2D eigenvalue weighted by Crippen LogP contribution is 2.40. The first-order chi connectivity index (χ1) is 27.7. The molecule has 1 aliphatic heterocycles. The van der Waals surface area contributed by atoms with Gasteiger partial charge in [0.1, 0.15) is 23.2 Å². The molecule has 2 aromatic heterocycles. The molecule has 1 N–H and O–H groups in total. The van der Waals surface area contributed by atoms with E-state index in [1.165, 1.54) is 63.6 Å². The van der Waals surface area contributed by atoms with Crippen molar-refractivity contribution in [3.63, 3.8) is 0 Å². The highest BCUT2D eigenvalue weighted by Gasteiger charge is 2.22. The Balaban J connectivity index is 0.954. The summed E-state index contributed by atoms with van der Waals surface area (Å²) in [6.45, 7) is 0. The molecule has 56 heavy (non-hydrogen) atoms. The summed E-state index contributed by atoms with van der Waals surface area (Å²) in [7, 11) is 0. The summed E-state index contributed by atoms with van der Waals surface area (Å²) in [5, 5.41) is 16.1. The van der Waals surface area contributed by atoms with E-state index in [9.17, 15) is 0 Å². The monoisotopic (exact) mass is 733 g/mol. The SMILES string of the molecule is c1ccc(C2N=C(c3ccc4c(c3)sc3ccc(-c5ccc6c7ccccc7c7ccccc7c6c5)cc34)N=C(c3ccc4c(c3)oc3ccccc34)N2)cc1. The number of nitrogens with zero attached hydrogens (tertiary/aromatic N) is 2. The van der Waals surface area contributed by atoms with Gasteiger partial charge in [-0.3, -0.25) is 0 Å². The molecule has 0 aliphatic carbocycles. The van der Waals surface area contributed by atoms with Crippen molar-refractivity contribution in [3.8, 4) is 11.1 Å². The lowest BCUT2D eigenvalue weighted by atomic mass is 9.92. The maximum atomic E-state index is 6.26. The predicted molar refractivity (Wildman–Crippen MR) is 236 cm³/mol. The number of aliphatic imine (C=N–C) groups is 2. The van der Waals surface area contributed by atoms with E-state index in [-0.39, 0.29) is 6.17 Å². The summed E-state index contributed by atoms with van der Waals surface area (Å²) >= 11 is 1.82. The van der Waals surface area contributed by atoms with Crippen LogP contribution in [0.4, 0.5) is 0 Å². The molecule has 3 heterocycles. The lowest BCUT2D eigenvalue weighted by Gasteiger charge is -2.23. The number of fused-ring (bicyclic) bond motifs is 12. The first kappa shape index (κ1) is 31.3. The number of para-hydroxylation sites is 1. The fraction of sp³-hybridized carbons (Fsp3) is 0.0196. The van der Waals surface area contributed by atoms with E-state index >= 15 is 0 Å². The minimum absolute atomic E-state index is 0.289. The van der Waals surface area contributed by atoms with Crippen molar-refractivity contribution in [1.82, 2.24) is 5.32 Å². The molecule has 4 nitrogen and oxygen atoms in total. The fourth-order valence-electron chi connectivity index (χ4n) is 8.59. The molecule has 0 bridgehead atoms. The van der Waals surface area contributed by atoms with Crippen molar-refractivity contribution in [2.45, 2.75) is 6.17 Å². The molecule has 12 rings (SSSR count). The predicted octanol–water partition coefficient (Wildman–Crippen LogP) is 13.6. The van der Waals surface area contributed by atoms with Crippen molar-refractivity contribution in [2.75, 3.05) is 0 Å². The van der Waals surface area contributed by atoms with Crippen molar-refractivity contribution in [3.05, 3.63) is 193 Å². The highest BCUT2D eigenvalue weighted by molar-refractivity contribution is 7.25. The Bertz CT molecular complexity index is 3430. The van der Waals surface area contributed by atoms with Crippen LogP contribution in [0.1, 0.15) is 22.9 Å². The van der Waals surface area contributed by atoms with Gasteiger partial charge in [0.15, 0.2) is 5.84 Å². The number of amidine groups is 2. The summed E-state index contributed by atoms with van der Waals surface area (Å²) in [6, 6.07) is 62.9. The van der Waals surface area contributed by atoms with Crippen LogP contribution in [0.15, 0.2) is 190 Å². The Labute approximate surface area is 325 Å². The van der Waals surface area contributed by atoms with E-state index in [1.54, 1.807) is 0 Å². The maximum Gasteiger partial charge on any atom is 0.159 e. The third-order valence-corrected chi connectivity index (χ3v) is 12.5. The van der Waals surface area contributed by atoms with E-state index in [0.717, 1.165) is 44.5 Å². The minimum atomic E-state index is -0.289. The molecule has 1 atom stereocenters. The van der Waals surface area contributed by atoms with Gasteiger partial charge in [-0.05, 0) is 91.5 Å². The number of hydrogen-bond acceptors (Lipinski definition) is 5. The molecule has 5 heteroatoms. The Morgan fingerprint density at radius 3 is 1.77 bits per heavy atom. The molecular formula is C51H31N3OS. The number of rotatable bonds is 4. The summed E-state index contributed by atoms with van der Waals surface area (Å²) in [5.41, 5.74) is 7.17. The minimum Gasteiger partial charge on any atom is -0.456 e. The van der Waals surface area contributed by atoms with Gasteiger partial charge < -0.3 is 9.73 Å². The average Bonchev–Trinajstić information content (AvgIpc) is 3.83. The van der Waals surface area contributed by atoms with Crippen LogP contribution in [0.5, 0.6) is 0 Å². The molecule has 0 amide bonds. The van der Waals surface area contributed by atoms with Gasteiger partial charge in [-0.25, -0.2) is 9.98 Å². The Kier molecular flexibility index (Phi) is 6.83. The fourth-order valence-corrected chi connectivity index (χ4v) is 9.71. The van der Waals surface area contributed by atoms with Gasteiger partial charge >= 0.3 is 0 Å². The molecule has 0 radical (unpaired) electrons. The van der Waals surface area contributed by atoms with Crippen molar-refractivity contribution < 1.29 is 4.42 Å². The third kappa shape index (κ3) is 4.91. The van der Waals surface area contributed by atoms with E-state index in [2.05, 4.69) is 157 Å². The second-order valence-corrected chi connectivity index (χ2v) is 15.6. The molecule has 262 valence electrons. The van der Waals surface area contributed by atoms with Crippen LogP contribution in [0.25, 0.3) is 85.6 Å². The largest absolute Gasteiger partial charge is 0.456 e. The molecule has 11 aromatic rings. The number of benzene rings is 9. The summed E-state index contributed by atoms with van der Waals surface area (Å²) < 4.78 is 8.73. The van der Waals surface area contributed by atoms with Gasteiger partial charge in [-0.1, -0.05) is 133 Å². The molecule has 1 unspecified atom stereocenters. The molecule has 1 aliphatic rings. The Morgan fingerprint density at radius 1 is 0.411 bits per heavy atom. The summed E-state index contributed by atoms with van der Waals surface area (Å²) in [5.74, 6) is 1.47. The number of hydrogen-bond donors (Lipinski definition) is 1. The second-order valence-electron chi connectivity index (χ2n) is 14.6. The van der Waals surface area contributed by atoms with Crippen molar-refractivity contribution >= 4 is 97.4 Å². The number of furan rings is 1. The summed E-state index contributed by atoms with van der Waals surface area (Å²) in [6.07, 6.45) is -0.289. The standard InChI is InChI=1S/C51H31N3OS/c1-2-10-30(11-3-1)49-52-50(33-19-23-41-40-16-8-9-17-45(40)55-46(41)28-33)54-51(53-49)34-20-24-42-44-27-32(21-25-47(44)56-48(42)29-34)31-18-22-39-37-14-5-4-12-35(37)36-13-6-7-15-38(36)43(39)26-31/h1-29,49H,(H,52,53,54). The zero-order valence-electron chi connectivity index (χ0n) is 30.0. The van der Waals surface area contributed by atoms with Gasteiger partial charge in [0.25, 0.3) is 0 Å². The van der Waals surface area contributed by atoms with E-state index in [0.29, 0.717) is 5.84 Å². The molecule has 0 saturated heterocycles. The Morgan fingerprint density at radius 2 is 0.982 bits per heavy atom. The maximum absolute atomic E-state index is 6.26. The second kappa shape index (κ2) is 12.2. The van der Waals surface area contributed by atoms with Crippen LogP contribution in [-0.2, 0) is 0 Å². The van der Waals surface area contributed by atoms with Gasteiger partial charge in [0.05, 0.1) is 0 Å². The van der Waals surface area contributed by atoms with Crippen molar-refractivity contribution in [1.29, 1.82) is 0 Å². The number of nitrogens with one attached hydrogen (secondary N) is 1. The van der Waals surface area contributed by atoms with Crippen LogP contribution in [0, 0.1) is 0 Å². The van der Waals surface area contributed by atoms with Gasteiger partial charge in [-0.2, -0.15) is 0 Å². The third-order valence-electron chi connectivity index (χ3n) is 11.3. The van der Waals surface area contributed by atoms with E-state index < -0.39 is 0 Å². The molecule has 0 saturated carbocycles. The van der Waals surface area contributed by atoms with Crippen LogP contribution < -0.4 is 5.32 Å². The highest BCUT2D eigenvalue weighted by atomic mass is 32.1. The van der Waals surface area contributed by atoms with Crippen LogP contribution >= 0.6 is 11.3 Å². The lowest BCUT2D eigenvalue weighted by Crippen LogP contribution is -2.33. The Hall–Kier alpha value is -7.08. The smallest absolute Gasteiger partial charge is 0.159 e. The van der Waals surface area contributed by atoms with Crippen LogP contribution in [0.2, 0.25) is 0 Å². The lowest BCUT2D eigenvalue weighted by molar-refractivity contribution is 0.666. The van der Waals surface area contributed by atoms with E-state index in [1.807, 2.05) is 35.6 Å². The zero-order chi connectivity index (χ0) is 36.7. The average molecular weight is 734 g/mol. The topological polar surface area (TPSA) is 49.9 Å². The normalized spacial score (nSPS) is 14.6. The molecule has 0 fully saturated rings. The quantitative estimate of drug-likeness (QED) is 0.183. The zero-order valence-corrected chi connectivity index (χ0v) is 30.8. The summed E-state index contributed by atoms with van der Waals surface area (Å²) in [4.78, 5) is 10.3. The van der Waals surface area contributed by atoms with Gasteiger partial charge in [0, 0.05) is 42.1 Å². The van der Waals surface area contributed by atoms with Gasteiger partial charge in [-0.15, -0.1) is 11.3 Å². The number of thiophene rings is 1. The molecular weight excluding hydrogens is 703 g/mol. The van der Waals surface area contributed by atoms with Gasteiger partial charge in [0.2, 0.25) is 0 Å². The molecule has 9 aromatic carbocycles. The van der Waals surface area contributed by atoms with E-state index in [4.69, 9.17) is 14.4 Å². The first-order valence-corrected chi connectivity index (χ1v) is 19.7. The first-order valence-electron chi connectivity index (χ1n) is 18.9. The van der Waals surface area contributed by atoms with Crippen LogP contribution in [0.3, 0.4) is 0 Å². The molecule has 0 spiro atoms.